The molecule has 0 unspecified atom stereocenters. The maximum Gasteiger partial charge on any atom is 0.326 e. The van der Waals surface area contributed by atoms with Crippen LogP contribution >= 0.6 is 31.9 Å². The van der Waals surface area contributed by atoms with Crippen LogP contribution in [0.25, 0.3) is 43.9 Å². The lowest BCUT2D eigenvalue weighted by Gasteiger charge is -2.13. The number of halogens is 4. The van der Waals surface area contributed by atoms with E-state index in [0.29, 0.717) is 31.0 Å². The van der Waals surface area contributed by atoms with Crippen LogP contribution in [0.4, 0.5) is 8.78 Å². The van der Waals surface area contributed by atoms with E-state index in [1.165, 1.54) is 12.1 Å². The van der Waals surface area contributed by atoms with Gasteiger partial charge in [0.2, 0.25) is 0 Å². The number of aromatic amines is 2. The molecular formula is C32H30Br2F2N6O4. The predicted molar refractivity (Wildman–Crippen MR) is 178 cm³/mol. The number of pyridine rings is 2. The number of hydrogen-bond donors (Lipinski definition) is 2. The Morgan fingerprint density at radius 3 is 1.50 bits per heavy atom. The van der Waals surface area contributed by atoms with Crippen molar-refractivity contribution < 1.29 is 18.3 Å². The molecule has 4 heterocycles. The Kier molecular flexibility index (Phi) is 8.32. The molecule has 0 spiro atoms. The fourth-order valence-corrected chi connectivity index (χ4v) is 7.72. The number of nitrogens with zero attached hydrogens (tertiary/aromatic N) is 4. The Labute approximate surface area is 277 Å². The summed E-state index contributed by atoms with van der Waals surface area (Å²) in [5.41, 5.74) is 3.65. The minimum atomic E-state index is -0.367. The first-order chi connectivity index (χ1) is 22.2. The van der Waals surface area contributed by atoms with Crippen molar-refractivity contribution in [1.82, 2.24) is 29.1 Å². The molecule has 0 amide bonds. The second-order valence-corrected chi connectivity index (χ2v) is 13.6. The minimum absolute atomic E-state index is 0.0793. The van der Waals surface area contributed by atoms with Crippen molar-refractivity contribution in [2.45, 2.75) is 62.8 Å². The van der Waals surface area contributed by atoms with E-state index in [0.717, 1.165) is 60.3 Å². The summed E-state index contributed by atoms with van der Waals surface area (Å²) in [5, 5.41) is 1.52. The molecule has 14 heteroatoms. The van der Waals surface area contributed by atoms with Crippen LogP contribution in [0.15, 0.2) is 55.2 Å². The van der Waals surface area contributed by atoms with Crippen molar-refractivity contribution in [3.05, 3.63) is 78.2 Å². The van der Waals surface area contributed by atoms with Gasteiger partial charge >= 0.3 is 11.4 Å². The van der Waals surface area contributed by atoms with Crippen LogP contribution in [-0.4, -0.2) is 55.5 Å². The van der Waals surface area contributed by atoms with Crippen molar-refractivity contribution in [2.24, 2.45) is 0 Å². The Balaban J connectivity index is 0.000000147. The number of aromatic nitrogens is 6. The Morgan fingerprint density at radius 2 is 1.13 bits per heavy atom. The summed E-state index contributed by atoms with van der Waals surface area (Å²) in [4.78, 5) is 39.2. The molecule has 2 N–H and O–H groups in total. The minimum Gasteiger partial charge on any atom is -0.381 e. The average Bonchev–Trinajstić information content (AvgIpc) is 3.83. The number of imidazole rings is 2. The number of rotatable bonds is 4. The summed E-state index contributed by atoms with van der Waals surface area (Å²) in [6.07, 6.45) is 8.77. The van der Waals surface area contributed by atoms with E-state index in [1.807, 2.05) is 0 Å². The molecule has 8 rings (SSSR count). The smallest absolute Gasteiger partial charge is 0.326 e. The Hall–Kier alpha value is -3.46. The van der Waals surface area contributed by atoms with Gasteiger partial charge in [0.25, 0.3) is 0 Å². The second kappa shape index (κ2) is 12.3. The molecule has 0 aliphatic heterocycles. The van der Waals surface area contributed by atoms with Crippen LogP contribution in [0, 0.1) is 11.6 Å². The van der Waals surface area contributed by atoms with Crippen LogP contribution < -0.4 is 11.4 Å². The Morgan fingerprint density at radius 1 is 0.717 bits per heavy atom. The molecule has 2 aliphatic carbocycles. The average molecular weight is 760 g/mol. The highest BCUT2D eigenvalue weighted by Crippen LogP contribution is 2.37. The number of ether oxygens (including phenoxy) is 2. The first kappa shape index (κ1) is 31.2. The zero-order valence-electron chi connectivity index (χ0n) is 24.9. The van der Waals surface area contributed by atoms with Crippen molar-refractivity contribution in [2.75, 3.05) is 14.2 Å². The van der Waals surface area contributed by atoms with E-state index in [9.17, 15) is 18.4 Å². The van der Waals surface area contributed by atoms with E-state index in [1.54, 1.807) is 47.9 Å². The third-order valence-corrected chi connectivity index (χ3v) is 10.5. The topological polar surface area (TPSA) is 120 Å². The number of fused-ring (bicyclic) bond motifs is 6. The molecule has 2 aromatic carbocycles. The summed E-state index contributed by atoms with van der Waals surface area (Å²) < 4.78 is 42.7. The van der Waals surface area contributed by atoms with Gasteiger partial charge in [-0.05, 0) is 82.5 Å². The van der Waals surface area contributed by atoms with Crippen LogP contribution in [-0.2, 0) is 9.47 Å². The lowest BCUT2D eigenvalue weighted by atomic mass is 10.1. The number of methoxy groups -OCH3 is 2. The van der Waals surface area contributed by atoms with E-state index in [-0.39, 0.29) is 47.3 Å². The van der Waals surface area contributed by atoms with Crippen molar-refractivity contribution in [3.63, 3.8) is 0 Å². The molecule has 0 saturated heterocycles. The number of nitrogens with one attached hydrogen (secondary N) is 2. The molecule has 2 fully saturated rings. The first-order valence-electron chi connectivity index (χ1n) is 15.0. The zero-order valence-corrected chi connectivity index (χ0v) is 28.1. The second-order valence-electron chi connectivity index (χ2n) is 11.9. The standard InChI is InChI=1S/2C16H15BrFN3O2/c2*1-23-9-3-2-8(4-9)21-15-10-5-11(17)12(18)6-13(10)19-7-14(15)20-16(21)22/h2*5-9H,2-4H2,1H3,(H,20,22)/t2*8-,9-/m10/s1. The van der Waals surface area contributed by atoms with Gasteiger partial charge < -0.3 is 19.4 Å². The maximum absolute atomic E-state index is 13.8. The van der Waals surface area contributed by atoms with Crippen LogP contribution in [0.2, 0.25) is 0 Å². The maximum atomic E-state index is 13.8. The first-order valence-corrected chi connectivity index (χ1v) is 16.6. The Bertz CT molecular complexity index is 2090. The van der Waals surface area contributed by atoms with E-state index < -0.39 is 0 Å². The van der Waals surface area contributed by atoms with Crippen LogP contribution in [0.3, 0.4) is 0 Å². The third kappa shape index (κ3) is 5.38. The summed E-state index contributed by atoms with van der Waals surface area (Å²) >= 11 is 6.43. The van der Waals surface area contributed by atoms with Gasteiger partial charge in [-0.3, -0.25) is 19.1 Å². The zero-order chi connectivity index (χ0) is 32.3. The SMILES string of the molecule is CO[C@@H]1CC[C@@H](n2c(=O)[nH]c3cnc4cc(F)c(Br)cc4c32)C1.CO[C@H]1CC[C@H](n2c(=O)[nH]c3cnc4cc(F)c(Br)cc4c32)C1. The van der Waals surface area contributed by atoms with E-state index in [4.69, 9.17) is 9.47 Å². The summed E-state index contributed by atoms with van der Waals surface area (Å²) in [7, 11) is 3.40. The lowest BCUT2D eigenvalue weighted by molar-refractivity contribution is 0.106. The summed E-state index contributed by atoms with van der Waals surface area (Å²) in [5.74, 6) is -0.733. The van der Waals surface area contributed by atoms with Gasteiger partial charge in [-0.2, -0.15) is 0 Å². The normalized spacial score (nSPS) is 21.5. The fraction of sp³-hybridized carbons (Fsp3) is 0.375. The molecule has 0 radical (unpaired) electrons. The van der Waals surface area contributed by atoms with Gasteiger partial charge in [0.1, 0.15) is 11.6 Å². The molecule has 0 bridgehead atoms. The van der Waals surface area contributed by atoms with Gasteiger partial charge in [0, 0.05) is 49.2 Å². The number of H-pyrrole nitrogens is 2. The van der Waals surface area contributed by atoms with Crippen LogP contribution in [0.1, 0.15) is 50.6 Å². The lowest BCUT2D eigenvalue weighted by Crippen LogP contribution is -2.21. The fourth-order valence-electron chi connectivity index (χ4n) is 7.03. The van der Waals surface area contributed by atoms with Crippen molar-refractivity contribution >= 4 is 75.7 Å². The molecular weight excluding hydrogens is 730 g/mol. The van der Waals surface area contributed by atoms with Crippen LogP contribution in [0.5, 0.6) is 0 Å². The largest absolute Gasteiger partial charge is 0.381 e. The molecule has 46 heavy (non-hydrogen) atoms. The molecule has 4 atom stereocenters. The highest BCUT2D eigenvalue weighted by atomic mass is 79.9. The van der Waals surface area contributed by atoms with E-state index in [2.05, 4.69) is 51.8 Å². The van der Waals surface area contributed by atoms with Crippen molar-refractivity contribution in [1.29, 1.82) is 0 Å². The molecule has 10 nitrogen and oxygen atoms in total. The van der Waals surface area contributed by atoms with Gasteiger partial charge in [0.15, 0.2) is 0 Å². The van der Waals surface area contributed by atoms with Gasteiger partial charge in [-0.15, -0.1) is 0 Å². The predicted octanol–water partition coefficient (Wildman–Crippen LogP) is 7.04. The highest BCUT2D eigenvalue weighted by molar-refractivity contribution is 9.10. The van der Waals surface area contributed by atoms with Gasteiger partial charge in [-0.1, -0.05) is 0 Å². The van der Waals surface area contributed by atoms with Gasteiger partial charge in [0.05, 0.1) is 66.6 Å². The monoisotopic (exact) mass is 758 g/mol. The number of benzene rings is 2. The highest BCUT2D eigenvalue weighted by Gasteiger charge is 2.30. The van der Waals surface area contributed by atoms with Crippen molar-refractivity contribution in [3.8, 4) is 0 Å². The molecule has 2 aliphatic rings. The number of hydrogen-bond acceptors (Lipinski definition) is 6. The molecule has 240 valence electrons. The molecule has 4 aromatic heterocycles. The quantitative estimate of drug-likeness (QED) is 0.199. The molecule has 6 aromatic rings. The van der Waals surface area contributed by atoms with Gasteiger partial charge in [-0.25, -0.2) is 18.4 Å². The third-order valence-electron chi connectivity index (χ3n) is 9.28. The summed E-state index contributed by atoms with van der Waals surface area (Å²) in [6.45, 7) is 0. The van der Waals surface area contributed by atoms with E-state index >= 15 is 0 Å². The summed E-state index contributed by atoms with van der Waals surface area (Å²) in [6, 6.07) is 6.30. The molecule has 2 saturated carbocycles.